The molecule has 6 heteroatoms. The van der Waals surface area contributed by atoms with E-state index in [1.54, 1.807) is 25.1 Å². The van der Waals surface area contributed by atoms with Crippen molar-refractivity contribution in [3.8, 4) is 0 Å². The van der Waals surface area contributed by atoms with Gasteiger partial charge in [-0.1, -0.05) is 24.3 Å². The smallest absolute Gasteiger partial charge is 0.241 e. The number of anilines is 1. The molecule has 0 aliphatic carbocycles. The lowest BCUT2D eigenvalue weighted by molar-refractivity contribution is -0.115. The third kappa shape index (κ3) is 4.21. The highest BCUT2D eigenvalue weighted by Crippen LogP contribution is 2.18. The van der Waals surface area contributed by atoms with Crippen molar-refractivity contribution in [2.45, 2.75) is 32.6 Å². The zero-order valence-electron chi connectivity index (χ0n) is 14.3. The predicted molar refractivity (Wildman–Crippen MR) is 95.7 cm³/mol. The van der Waals surface area contributed by atoms with E-state index in [4.69, 9.17) is 0 Å². The van der Waals surface area contributed by atoms with E-state index in [1.165, 1.54) is 0 Å². The molecule has 0 spiro atoms. The Balaban J connectivity index is 2.08. The largest absolute Gasteiger partial charge is 0.325 e. The summed E-state index contributed by atoms with van der Waals surface area (Å²) in [5.41, 5.74) is 4.20. The summed E-state index contributed by atoms with van der Waals surface area (Å²) in [6, 6.07) is 10.8. The van der Waals surface area contributed by atoms with Gasteiger partial charge >= 0.3 is 0 Å². The number of sulfonamides is 1. The van der Waals surface area contributed by atoms with Crippen LogP contribution in [0.1, 0.15) is 22.3 Å². The molecule has 0 saturated heterocycles. The normalized spacial score (nSPS) is 11.3. The SMILES string of the molecule is Cc1ccc(C)c(S(=O)(=O)NCC(=O)Nc2cccc(C)c2C)c1. The molecule has 2 N–H and O–H groups in total. The molecule has 2 rings (SSSR count). The van der Waals surface area contributed by atoms with E-state index in [0.29, 0.717) is 11.3 Å². The van der Waals surface area contributed by atoms with Crippen LogP contribution in [0.4, 0.5) is 5.69 Å². The molecule has 5 nitrogen and oxygen atoms in total. The van der Waals surface area contributed by atoms with Gasteiger partial charge in [-0.3, -0.25) is 4.79 Å². The van der Waals surface area contributed by atoms with Crippen LogP contribution in [0, 0.1) is 27.7 Å². The van der Waals surface area contributed by atoms with Crippen LogP contribution in [0.3, 0.4) is 0 Å². The van der Waals surface area contributed by atoms with Gasteiger partial charge in [-0.25, -0.2) is 13.1 Å². The maximum Gasteiger partial charge on any atom is 0.241 e. The Hall–Kier alpha value is -2.18. The minimum atomic E-state index is -3.73. The summed E-state index contributed by atoms with van der Waals surface area (Å²) in [6.07, 6.45) is 0. The Morgan fingerprint density at radius 1 is 1.00 bits per heavy atom. The Morgan fingerprint density at radius 2 is 1.71 bits per heavy atom. The van der Waals surface area contributed by atoms with Gasteiger partial charge in [0.1, 0.15) is 0 Å². The molecular formula is C18H22N2O3S. The Labute approximate surface area is 143 Å². The van der Waals surface area contributed by atoms with Crippen molar-refractivity contribution in [2.24, 2.45) is 0 Å². The molecule has 0 heterocycles. The molecule has 0 saturated carbocycles. The molecule has 24 heavy (non-hydrogen) atoms. The molecule has 0 fully saturated rings. The van der Waals surface area contributed by atoms with E-state index in [0.717, 1.165) is 16.7 Å². The minimum Gasteiger partial charge on any atom is -0.325 e. The maximum absolute atomic E-state index is 12.4. The number of aryl methyl sites for hydroxylation is 3. The van der Waals surface area contributed by atoms with E-state index in [1.807, 2.05) is 39.0 Å². The van der Waals surface area contributed by atoms with Gasteiger partial charge in [0.15, 0.2) is 0 Å². The van der Waals surface area contributed by atoms with Gasteiger partial charge in [0.2, 0.25) is 15.9 Å². The molecule has 0 radical (unpaired) electrons. The van der Waals surface area contributed by atoms with Gasteiger partial charge in [0.05, 0.1) is 11.4 Å². The zero-order valence-corrected chi connectivity index (χ0v) is 15.1. The first kappa shape index (κ1) is 18.2. The van der Waals surface area contributed by atoms with Crippen LogP contribution in [0.15, 0.2) is 41.3 Å². The van der Waals surface area contributed by atoms with Gasteiger partial charge in [-0.2, -0.15) is 0 Å². The third-order valence-corrected chi connectivity index (χ3v) is 5.48. The maximum atomic E-state index is 12.4. The van der Waals surface area contributed by atoms with Gasteiger partial charge in [0.25, 0.3) is 0 Å². The van der Waals surface area contributed by atoms with E-state index in [9.17, 15) is 13.2 Å². The van der Waals surface area contributed by atoms with Gasteiger partial charge in [0, 0.05) is 5.69 Å². The van der Waals surface area contributed by atoms with Gasteiger partial charge < -0.3 is 5.32 Å². The molecule has 128 valence electrons. The first-order chi connectivity index (χ1) is 11.2. The molecule has 0 aromatic heterocycles. The van der Waals surface area contributed by atoms with Crippen LogP contribution in [0.2, 0.25) is 0 Å². The van der Waals surface area contributed by atoms with Crippen molar-refractivity contribution >= 4 is 21.6 Å². The number of rotatable bonds is 5. The Bertz CT molecular complexity index is 874. The van der Waals surface area contributed by atoms with Crippen LogP contribution in [0.5, 0.6) is 0 Å². The van der Waals surface area contributed by atoms with Crippen LogP contribution < -0.4 is 10.0 Å². The van der Waals surface area contributed by atoms with E-state index < -0.39 is 15.9 Å². The summed E-state index contributed by atoms with van der Waals surface area (Å²) in [6.45, 7) is 7.10. The topological polar surface area (TPSA) is 75.3 Å². The second-order valence-electron chi connectivity index (χ2n) is 5.89. The number of carbonyl (C=O) groups excluding carboxylic acids is 1. The van der Waals surface area contributed by atoms with Crippen LogP contribution in [-0.2, 0) is 14.8 Å². The fourth-order valence-corrected chi connectivity index (χ4v) is 3.63. The fraction of sp³-hybridized carbons (Fsp3) is 0.278. The standard InChI is InChI=1S/C18H22N2O3S/c1-12-8-9-14(3)17(10-12)24(22,23)19-11-18(21)20-16-7-5-6-13(2)15(16)4/h5-10,19H,11H2,1-4H3,(H,20,21). The predicted octanol–water partition coefficient (Wildman–Crippen LogP) is 2.84. The number of hydrogen-bond donors (Lipinski definition) is 2. The van der Waals surface area contributed by atoms with Crippen molar-refractivity contribution in [3.05, 3.63) is 58.7 Å². The number of benzene rings is 2. The number of carbonyl (C=O) groups is 1. The summed E-state index contributed by atoms with van der Waals surface area (Å²) < 4.78 is 27.1. The first-order valence-corrected chi connectivity index (χ1v) is 9.12. The molecule has 2 aromatic carbocycles. The quantitative estimate of drug-likeness (QED) is 0.874. The highest BCUT2D eigenvalue weighted by molar-refractivity contribution is 7.89. The average molecular weight is 346 g/mol. The van der Waals surface area contributed by atoms with Crippen LogP contribution >= 0.6 is 0 Å². The van der Waals surface area contributed by atoms with Crippen molar-refractivity contribution in [1.82, 2.24) is 4.72 Å². The first-order valence-electron chi connectivity index (χ1n) is 7.63. The van der Waals surface area contributed by atoms with Gasteiger partial charge in [-0.05, 0) is 62.1 Å². The zero-order chi connectivity index (χ0) is 17.9. The Morgan fingerprint density at radius 3 is 2.42 bits per heavy atom. The summed E-state index contributed by atoms with van der Waals surface area (Å²) in [5.74, 6) is -0.405. The molecular weight excluding hydrogens is 324 g/mol. The molecule has 2 aromatic rings. The minimum absolute atomic E-state index is 0.196. The molecule has 0 aliphatic heterocycles. The second kappa shape index (κ2) is 7.15. The lowest BCUT2D eigenvalue weighted by atomic mass is 10.1. The number of hydrogen-bond acceptors (Lipinski definition) is 3. The highest BCUT2D eigenvalue weighted by Gasteiger charge is 2.18. The average Bonchev–Trinajstić information content (AvgIpc) is 2.52. The van der Waals surface area contributed by atoms with Crippen LogP contribution in [0.25, 0.3) is 0 Å². The monoisotopic (exact) mass is 346 g/mol. The lowest BCUT2D eigenvalue weighted by Crippen LogP contribution is -2.33. The summed E-state index contributed by atoms with van der Waals surface area (Å²) >= 11 is 0. The van der Waals surface area contributed by atoms with Crippen LogP contribution in [-0.4, -0.2) is 20.9 Å². The fourth-order valence-electron chi connectivity index (χ4n) is 2.32. The van der Waals surface area contributed by atoms with Crippen molar-refractivity contribution < 1.29 is 13.2 Å². The molecule has 0 unspecified atom stereocenters. The summed E-state index contributed by atoms with van der Waals surface area (Å²) in [4.78, 5) is 12.3. The molecule has 0 atom stereocenters. The molecule has 0 aliphatic rings. The summed E-state index contributed by atoms with van der Waals surface area (Å²) in [7, 11) is -3.73. The van der Waals surface area contributed by atoms with Crippen molar-refractivity contribution in [3.63, 3.8) is 0 Å². The third-order valence-electron chi connectivity index (χ3n) is 3.93. The van der Waals surface area contributed by atoms with Gasteiger partial charge in [-0.15, -0.1) is 0 Å². The molecule has 1 amide bonds. The van der Waals surface area contributed by atoms with Crippen molar-refractivity contribution in [1.29, 1.82) is 0 Å². The summed E-state index contributed by atoms with van der Waals surface area (Å²) in [5, 5.41) is 2.74. The Kier molecular flexibility index (Phi) is 5.41. The van der Waals surface area contributed by atoms with Crippen molar-refractivity contribution in [2.75, 3.05) is 11.9 Å². The van der Waals surface area contributed by atoms with E-state index >= 15 is 0 Å². The molecule has 0 bridgehead atoms. The highest BCUT2D eigenvalue weighted by atomic mass is 32.2. The lowest BCUT2D eigenvalue weighted by Gasteiger charge is -2.12. The van der Waals surface area contributed by atoms with E-state index in [2.05, 4.69) is 10.0 Å². The number of amides is 1. The van der Waals surface area contributed by atoms with E-state index in [-0.39, 0.29) is 11.4 Å². The number of nitrogens with one attached hydrogen (secondary N) is 2. The second-order valence-corrected chi connectivity index (χ2v) is 7.62.